The highest BCUT2D eigenvalue weighted by molar-refractivity contribution is 9.10. The van der Waals surface area contributed by atoms with Crippen molar-refractivity contribution in [2.75, 3.05) is 13.2 Å². The Labute approximate surface area is 215 Å². The van der Waals surface area contributed by atoms with Gasteiger partial charge in [-0.1, -0.05) is 70.2 Å². The highest BCUT2D eigenvalue weighted by Crippen LogP contribution is 2.37. The van der Waals surface area contributed by atoms with Gasteiger partial charge in [0.2, 0.25) is 0 Å². The maximum absolute atomic E-state index is 12.7. The highest BCUT2D eigenvalue weighted by atomic mass is 79.9. The van der Waals surface area contributed by atoms with E-state index >= 15 is 0 Å². The first-order chi connectivity index (χ1) is 17.1. The van der Waals surface area contributed by atoms with Crippen molar-refractivity contribution in [2.24, 2.45) is 4.99 Å². The minimum atomic E-state index is -0.415. The van der Waals surface area contributed by atoms with Crippen LogP contribution in [-0.4, -0.2) is 35.0 Å². The molecule has 2 aliphatic heterocycles. The summed E-state index contributed by atoms with van der Waals surface area (Å²) >= 11 is 4.75. The monoisotopic (exact) mass is 545 g/mol. The van der Waals surface area contributed by atoms with E-state index in [9.17, 15) is 4.79 Å². The van der Waals surface area contributed by atoms with Gasteiger partial charge in [0.05, 0.1) is 11.3 Å². The van der Waals surface area contributed by atoms with E-state index in [0.29, 0.717) is 24.1 Å². The third-order valence-corrected chi connectivity index (χ3v) is 6.66. The summed E-state index contributed by atoms with van der Waals surface area (Å²) < 4.78 is 12.4. The normalized spacial score (nSPS) is 16.1. The summed E-state index contributed by atoms with van der Waals surface area (Å²) in [6, 6.07) is 24.8. The third-order valence-electron chi connectivity index (χ3n) is 5.31. The molecule has 0 aromatic heterocycles. The van der Waals surface area contributed by atoms with E-state index in [1.807, 2.05) is 84.3 Å². The maximum atomic E-state index is 12.7. The van der Waals surface area contributed by atoms with Crippen LogP contribution in [0.5, 0.6) is 11.5 Å². The average Bonchev–Trinajstić information content (AvgIpc) is 3.31. The number of aliphatic imine (C=N–C) groups is 1. The summed E-state index contributed by atoms with van der Waals surface area (Å²) in [5, 5.41) is 11.2. The van der Waals surface area contributed by atoms with Gasteiger partial charge in [-0.15, -0.1) is 0 Å². The predicted molar refractivity (Wildman–Crippen MR) is 144 cm³/mol. The maximum Gasteiger partial charge on any atom is 0.283 e. The van der Waals surface area contributed by atoms with Crippen molar-refractivity contribution < 1.29 is 14.3 Å². The SMILES string of the molecule is N=C1C(=Cc2ccc(OCCOc3ccc(Br)cc3)cc2)C(=O)N=C2SC=C(c3ccccc3)N12. The van der Waals surface area contributed by atoms with Crippen LogP contribution in [0.3, 0.4) is 0 Å². The van der Waals surface area contributed by atoms with Crippen molar-refractivity contribution in [3.8, 4) is 11.5 Å². The first-order valence-electron chi connectivity index (χ1n) is 10.9. The molecule has 0 bridgehead atoms. The van der Waals surface area contributed by atoms with E-state index in [0.717, 1.165) is 27.0 Å². The van der Waals surface area contributed by atoms with Crippen molar-refractivity contribution >= 4 is 56.4 Å². The van der Waals surface area contributed by atoms with Gasteiger partial charge in [-0.25, -0.2) is 0 Å². The average molecular weight is 546 g/mol. The lowest BCUT2D eigenvalue weighted by Gasteiger charge is -2.26. The molecule has 2 aliphatic rings. The van der Waals surface area contributed by atoms with Crippen LogP contribution in [0.15, 0.2) is 99.3 Å². The van der Waals surface area contributed by atoms with E-state index in [2.05, 4.69) is 20.9 Å². The molecule has 0 atom stereocenters. The van der Waals surface area contributed by atoms with Gasteiger partial charge >= 0.3 is 0 Å². The van der Waals surface area contributed by atoms with E-state index in [1.54, 1.807) is 11.0 Å². The molecule has 174 valence electrons. The van der Waals surface area contributed by atoms with Gasteiger partial charge in [0.15, 0.2) is 5.17 Å². The molecule has 0 saturated heterocycles. The van der Waals surface area contributed by atoms with Gasteiger partial charge in [0.25, 0.3) is 5.91 Å². The van der Waals surface area contributed by atoms with E-state index in [4.69, 9.17) is 14.9 Å². The molecule has 3 aromatic rings. The van der Waals surface area contributed by atoms with Crippen LogP contribution in [0.4, 0.5) is 0 Å². The molecule has 0 saturated carbocycles. The molecule has 2 heterocycles. The van der Waals surface area contributed by atoms with Crippen LogP contribution in [0.2, 0.25) is 0 Å². The number of amides is 1. The van der Waals surface area contributed by atoms with Gasteiger partial charge in [-0.2, -0.15) is 4.99 Å². The Hall–Kier alpha value is -3.62. The molecular weight excluding hydrogens is 526 g/mol. The minimum absolute atomic E-state index is 0.116. The molecule has 6 nitrogen and oxygen atoms in total. The molecule has 3 aromatic carbocycles. The van der Waals surface area contributed by atoms with E-state index in [-0.39, 0.29) is 11.4 Å². The molecular formula is C27H20BrN3O3S. The van der Waals surface area contributed by atoms with Crippen LogP contribution in [0.25, 0.3) is 11.8 Å². The number of benzene rings is 3. The number of carbonyl (C=O) groups is 1. The largest absolute Gasteiger partial charge is 0.490 e. The first kappa shape index (κ1) is 23.1. The van der Waals surface area contributed by atoms with Crippen LogP contribution in [0, 0.1) is 5.41 Å². The van der Waals surface area contributed by atoms with Crippen molar-refractivity contribution in [1.29, 1.82) is 5.41 Å². The van der Waals surface area contributed by atoms with Crippen molar-refractivity contribution in [2.45, 2.75) is 0 Å². The van der Waals surface area contributed by atoms with Crippen LogP contribution < -0.4 is 9.47 Å². The fraction of sp³-hybridized carbons (Fsp3) is 0.0741. The molecule has 0 unspecified atom stereocenters. The molecule has 8 heteroatoms. The lowest BCUT2D eigenvalue weighted by atomic mass is 10.1. The summed E-state index contributed by atoms with van der Waals surface area (Å²) in [5.41, 5.74) is 2.84. The van der Waals surface area contributed by atoms with Crippen LogP contribution >= 0.6 is 27.7 Å². The third kappa shape index (κ3) is 5.23. The Bertz CT molecular complexity index is 1350. The van der Waals surface area contributed by atoms with Gasteiger partial charge < -0.3 is 9.47 Å². The van der Waals surface area contributed by atoms with Gasteiger partial charge in [-0.3, -0.25) is 15.1 Å². The minimum Gasteiger partial charge on any atom is -0.490 e. The molecule has 0 spiro atoms. The highest BCUT2D eigenvalue weighted by Gasteiger charge is 2.36. The quantitative estimate of drug-likeness (QED) is 0.282. The lowest BCUT2D eigenvalue weighted by molar-refractivity contribution is -0.114. The molecule has 5 rings (SSSR count). The lowest BCUT2D eigenvalue weighted by Crippen LogP contribution is -2.38. The predicted octanol–water partition coefficient (Wildman–Crippen LogP) is 6.21. The standard InChI is InChI=1S/C27H20BrN3O3S/c28-20-8-12-22(13-9-20)34-15-14-33-21-10-6-18(7-11-21)16-23-25(29)31-24(19-4-2-1-3-5-19)17-35-27(31)30-26(23)32/h1-13,16-17,29H,14-15H2. The molecule has 0 radical (unpaired) electrons. The summed E-state index contributed by atoms with van der Waals surface area (Å²) in [7, 11) is 0. The molecule has 35 heavy (non-hydrogen) atoms. The number of hydrogen-bond acceptors (Lipinski definition) is 5. The summed E-state index contributed by atoms with van der Waals surface area (Å²) in [5.74, 6) is 1.18. The summed E-state index contributed by atoms with van der Waals surface area (Å²) in [4.78, 5) is 18.6. The Morgan fingerprint density at radius 2 is 1.54 bits per heavy atom. The number of ether oxygens (including phenoxy) is 2. The molecule has 0 fully saturated rings. The van der Waals surface area contributed by atoms with Gasteiger partial charge in [0.1, 0.15) is 30.5 Å². The van der Waals surface area contributed by atoms with E-state index in [1.165, 1.54) is 11.8 Å². The number of nitrogens with zero attached hydrogens (tertiary/aromatic N) is 2. The number of carbonyl (C=O) groups excluding carboxylic acids is 1. The number of rotatable bonds is 7. The fourth-order valence-electron chi connectivity index (χ4n) is 3.59. The van der Waals surface area contributed by atoms with Gasteiger partial charge in [-0.05, 0) is 53.6 Å². The van der Waals surface area contributed by atoms with Crippen molar-refractivity contribution in [3.05, 3.63) is 105 Å². The van der Waals surface area contributed by atoms with Gasteiger partial charge in [0, 0.05) is 9.88 Å². The number of thioether (sulfide) groups is 1. The second kappa shape index (κ2) is 10.3. The fourth-order valence-corrected chi connectivity index (χ4v) is 4.74. The summed E-state index contributed by atoms with van der Waals surface area (Å²) in [6.07, 6.45) is 1.69. The zero-order valence-electron chi connectivity index (χ0n) is 18.5. The van der Waals surface area contributed by atoms with Crippen LogP contribution in [0.1, 0.15) is 11.1 Å². The topological polar surface area (TPSA) is 75.0 Å². The molecule has 0 aliphatic carbocycles. The Balaban J connectivity index is 1.24. The Morgan fingerprint density at radius 3 is 2.20 bits per heavy atom. The zero-order valence-corrected chi connectivity index (χ0v) is 20.9. The smallest absolute Gasteiger partial charge is 0.283 e. The van der Waals surface area contributed by atoms with Crippen molar-refractivity contribution in [1.82, 2.24) is 4.90 Å². The zero-order chi connectivity index (χ0) is 24.2. The number of fused-ring (bicyclic) bond motifs is 1. The second-order valence-electron chi connectivity index (χ2n) is 7.65. The molecule has 1 amide bonds. The second-order valence-corrected chi connectivity index (χ2v) is 9.40. The number of halogens is 1. The first-order valence-corrected chi connectivity index (χ1v) is 12.5. The molecule has 1 N–H and O–H groups in total. The van der Waals surface area contributed by atoms with Crippen molar-refractivity contribution in [3.63, 3.8) is 0 Å². The number of amidine groups is 2. The van der Waals surface area contributed by atoms with Crippen LogP contribution in [-0.2, 0) is 4.79 Å². The number of hydrogen-bond donors (Lipinski definition) is 1. The van der Waals surface area contributed by atoms with E-state index < -0.39 is 5.91 Å². The summed E-state index contributed by atoms with van der Waals surface area (Å²) in [6.45, 7) is 0.822. The Morgan fingerprint density at radius 1 is 0.914 bits per heavy atom. The Kier molecular flexibility index (Phi) is 6.83. The number of nitrogens with one attached hydrogen (secondary N) is 1.